The SMILES string of the molecule is O=C(C[C@@H](Cc1ccc(-c2cccc([N+](=O)[O-])c2)cc1)C(=O)N[C@H]1c2ccccc2C[C@H]1O)NO. The van der Waals surface area contributed by atoms with Gasteiger partial charge >= 0.3 is 0 Å². The maximum absolute atomic E-state index is 13.2. The van der Waals surface area contributed by atoms with Crippen molar-refractivity contribution >= 4 is 17.5 Å². The summed E-state index contributed by atoms with van der Waals surface area (Å²) in [5.74, 6) is -1.88. The summed E-state index contributed by atoms with van der Waals surface area (Å²) < 4.78 is 0. The van der Waals surface area contributed by atoms with Crippen LogP contribution in [0.3, 0.4) is 0 Å². The summed E-state index contributed by atoms with van der Waals surface area (Å²) in [5.41, 5.74) is 5.62. The minimum absolute atomic E-state index is 0.00555. The molecule has 9 heteroatoms. The Morgan fingerprint density at radius 3 is 2.49 bits per heavy atom. The molecular formula is C26H25N3O6. The molecular weight excluding hydrogens is 450 g/mol. The summed E-state index contributed by atoms with van der Waals surface area (Å²) in [6.07, 6.45) is -0.349. The minimum atomic E-state index is -0.786. The third-order valence-corrected chi connectivity index (χ3v) is 6.26. The molecule has 9 nitrogen and oxygen atoms in total. The second kappa shape index (κ2) is 10.5. The topological polar surface area (TPSA) is 142 Å². The van der Waals surface area contributed by atoms with Crippen LogP contribution in [0, 0.1) is 16.0 Å². The van der Waals surface area contributed by atoms with E-state index in [-0.39, 0.29) is 18.5 Å². The van der Waals surface area contributed by atoms with Gasteiger partial charge in [-0.05, 0) is 34.2 Å². The number of rotatable bonds is 8. The number of fused-ring (bicyclic) bond motifs is 1. The lowest BCUT2D eigenvalue weighted by Gasteiger charge is -2.22. The lowest BCUT2D eigenvalue weighted by Crippen LogP contribution is -2.40. The zero-order valence-corrected chi connectivity index (χ0v) is 18.8. The highest BCUT2D eigenvalue weighted by Crippen LogP contribution is 2.32. The Kier molecular flexibility index (Phi) is 7.19. The van der Waals surface area contributed by atoms with Gasteiger partial charge in [-0.2, -0.15) is 0 Å². The first-order chi connectivity index (χ1) is 16.9. The molecule has 0 unspecified atom stereocenters. The van der Waals surface area contributed by atoms with Gasteiger partial charge in [0, 0.05) is 25.0 Å². The van der Waals surface area contributed by atoms with Gasteiger partial charge in [0.15, 0.2) is 0 Å². The predicted molar refractivity (Wildman–Crippen MR) is 127 cm³/mol. The van der Waals surface area contributed by atoms with E-state index in [1.165, 1.54) is 12.1 Å². The van der Waals surface area contributed by atoms with Crippen LogP contribution in [0.1, 0.15) is 29.2 Å². The molecule has 0 bridgehead atoms. The van der Waals surface area contributed by atoms with Gasteiger partial charge in [0.05, 0.1) is 23.0 Å². The van der Waals surface area contributed by atoms with E-state index in [0.29, 0.717) is 12.0 Å². The van der Waals surface area contributed by atoms with E-state index in [2.05, 4.69) is 5.32 Å². The molecule has 0 aromatic heterocycles. The third-order valence-electron chi connectivity index (χ3n) is 6.26. The van der Waals surface area contributed by atoms with Gasteiger partial charge in [-0.1, -0.05) is 60.7 Å². The molecule has 3 aromatic rings. The normalized spacial score (nSPS) is 17.3. The number of hydrogen-bond acceptors (Lipinski definition) is 6. The second-order valence-corrected chi connectivity index (χ2v) is 8.60. The molecule has 3 aromatic carbocycles. The molecule has 0 aliphatic heterocycles. The first-order valence-corrected chi connectivity index (χ1v) is 11.2. The number of aliphatic hydroxyl groups is 1. The molecule has 1 aliphatic carbocycles. The molecule has 4 N–H and O–H groups in total. The lowest BCUT2D eigenvalue weighted by atomic mass is 9.93. The number of aliphatic hydroxyl groups excluding tert-OH is 1. The lowest BCUT2D eigenvalue weighted by molar-refractivity contribution is -0.384. The molecule has 1 aliphatic rings. The van der Waals surface area contributed by atoms with Crippen molar-refractivity contribution in [3.63, 3.8) is 0 Å². The molecule has 4 rings (SSSR count). The van der Waals surface area contributed by atoms with Gasteiger partial charge in [-0.15, -0.1) is 0 Å². The molecule has 2 amide bonds. The number of benzene rings is 3. The third kappa shape index (κ3) is 5.53. The van der Waals surface area contributed by atoms with Gasteiger partial charge in [0.2, 0.25) is 11.8 Å². The average Bonchev–Trinajstić information content (AvgIpc) is 3.18. The molecule has 0 spiro atoms. The van der Waals surface area contributed by atoms with Gasteiger partial charge < -0.3 is 10.4 Å². The Labute approximate surface area is 201 Å². The molecule has 0 fully saturated rings. The van der Waals surface area contributed by atoms with Crippen LogP contribution in [0.15, 0.2) is 72.8 Å². The Morgan fingerprint density at radius 2 is 1.77 bits per heavy atom. The average molecular weight is 476 g/mol. The van der Waals surface area contributed by atoms with Gasteiger partial charge in [-0.25, -0.2) is 5.48 Å². The highest BCUT2D eigenvalue weighted by atomic mass is 16.6. The summed E-state index contributed by atoms with van der Waals surface area (Å²) in [7, 11) is 0. The zero-order chi connectivity index (χ0) is 24.9. The van der Waals surface area contributed by atoms with E-state index >= 15 is 0 Å². The van der Waals surface area contributed by atoms with E-state index < -0.39 is 34.8 Å². The smallest absolute Gasteiger partial charge is 0.270 e. The van der Waals surface area contributed by atoms with Crippen molar-refractivity contribution in [3.8, 4) is 11.1 Å². The van der Waals surface area contributed by atoms with Crippen molar-refractivity contribution in [2.24, 2.45) is 5.92 Å². The second-order valence-electron chi connectivity index (χ2n) is 8.60. The highest BCUT2D eigenvalue weighted by molar-refractivity contribution is 5.86. The number of carbonyl (C=O) groups excluding carboxylic acids is 2. The van der Waals surface area contributed by atoms with Crippen LogP contribution >= 0.6 is 0 Å². The molecule has 3 atom stereocenters. The number of nitro benzene ring substituents is 1. The van der Waals surface area contributed by atoms with Crippen LogP contribution in [-0.2, 0) is 22.4 Å². The number of nitrogens with zero attached hydrogens (tertiary/aromatic N) is 1. The molecule has 0 heterocycles. The van der Waals surface area contributed by atoms with Gasteiger partial charge in [0.25, 0.3) is 5.69 Å². The first kappa shape index (κ1) is 24.1. The quantitative estimate of drug-likeness (QED) is 0.224. The first-order valence-electron chi connectivity index (χ1n) is 11.2. The number of hydroxylamine groups is 1. The molecule has 0 saturated heterocycles. The summed E-state index contributed by atoms with van der Waals surface area (Å²) in [4.78, 5) is 35.6. The van der Waals surface area contributed by atoms with Crippen molar-refractivity contribution in [2.75, 3.05) is 0 Å². The minimum Gasteiger partial charge on any atom is -0.390 e. The van der Waals surface area contributed by atoms with Crippen molar-refractivity contribution in [2.45, 2.75) is 31.4 Å². The summed E-state index contributed by atoms with van der Waals surface area (Å²) in [6, 6.07) is 20.4. The monoisotopic (exact) mass is 475 g/mol. The molecule has 35 heavy (non-hydrogen) atoms. The Hall–Kier alpha value is -4.08. The Bertz CT molecular complexity index is 1240. The van der Waals surface area contributed by atoms with Crippen LogP contribution < -0.4 is 10.8 Å². The number of carbonyl (C=O) groups is 2. The number of nitrogens with one attached hydrogen (secondary N) is 2. The van der Waals surface area contributed by atoms with Crippen LogP contribution in [0.4, 0.5) is 5.69 Å². The molecule has 0 saturated carbocycles. The van der Waals surface area contributed by atoms with Crippen LogP contribution in [0.5, 0.6) is 0 Å². The standard InChI is InChI=1S/C26H25N3O6/c30-23-14-19-4-1-2-7-22(19)25(23)27-26(32)20(15-24(31)28-33)12-16-8-10-17(11-9-16)18-5-3-6-21(13-18)29(34)35/h1-11,13,20,23,25,30,33H,12,14-15H2,(H,27,32)(H,28,31)/t20-,23-,25+/m1/s1. The van der Waals surface area contributed by atoms with Crippen LogP contribution in [-0.4, -0.2) is 33.2 Å². The predicted octanol–water partition coefficient (Wildman–Crippen LogP) is 3.09. The fraction of sp³-hybridized carbons (Fsp3) is 0.231. The summed E-state index contributed by atoms with van der Waals surface area (Å²) >= 11 is 0. The van der Waals surface area contributed by atoms with Crippen LogP contribution in [0.25, 0.3) is 11.1 Å². The fourth-order valence-corrected chi connectivity index (χ4v) is 4.46. The largest absolute Gasteiger partial charge is 0.390 e. The fourth-order valence-electron chi connectivity index (χ4n) is 4.46. The zero-order valence-electron chi connectivity index (χ0n) is 18.8. The Morgan fingerprint density at radius 1 is 1.03 bits per heavy atom. The van der Waals surface area contributed by atoms with Crippen molar-refractivity contribution < 1.29 is 24.8 Å². The van der Waals surface area contributed by atoms with Crippen molar-refractivity contribution in [1.82, 2.24) is 10.8 Å². The Balaban J connectivity index is 1.50. The van der Waals surface area contributed by atoms with E-state index in [1.807, 2.05) is 24.3 Å². The number of nitro groups is 1. The molecule has 180 valence electrons. The van der Waals surface area contributed by atoms with Crippen molar-refractivity contribution in [3.05, 3.63) is 99.6 Å². The van der Waals surface area contributed by atoms with E-state index in [4.69, 9.17) is 5.21 Å². The number of non-ortho nitro benzene ring substituents is 1. The van der Waals surface area contributed by atoms with Gasteiger partial charge in [0.1, 0.15) is 0 Å². The number of amides is 2. The van der Waals surface area contributed by atoms with E-state index in [9.17, 15) is 24.8 Å². The van der Waals surface area contributed by atoms with Crippen molar-refractivity contribution in [1.29, 1.82) is 0 Å². The highest BCUT2D eigenvalue weighted by Gasteiger charge is 2.34. The van der Waals surface area contributed by atoms with E-state index in [0.717, 1.165) is 22.3 Å². The summed E-state index contributed by atoms with van der Waals surface area (Å²) in [5, 5.41) is 33.4. The molecule has 0 radical (unpaired) electrons. The maximum Gasteiger partial charge on any atom is 0.270 e. The number of hydrogen-bond donors (Lipinski definition) is 4. The van der Waals surface area contributed by atoms with Gasteiger partial charge in [-0.3, -0.25) is 24.9 Å². The van der Waals surface area contributed by atoms with Crippen LogP contribution in [0.2, 0.25) is 0 Å². The maximum atomic E-state index is 13.2. The summed E-state index contributed by atoms with van der Waals surface area (Å²) in [6.45, 7) is 0. The van der Waals surface area contributed by atoms with E-state index in [1.54, 1.807) is 41.9 Å².